The molecular weight excluding hydrogens is 330 g/mol. The minimum absolute atomic E-state index is 0. The molecule has 0 aliphatic carbocycles. The van der Waals surface area contributed by atoms with Crippen LogP contribution in [-0.4, -0.2) is 37.6 Å². The van der Waals surface area contributed by atoms with Crippen molar-refractivity contribution >= 4 is 29.9 Å². The van der Waals surface area contributed by atoms with Crippen LogP contribution in [0.3, 0.4) is 0 Å². The van der Waals surface area contributed by atoms with E-state index >= 15 is 0 Å². The number of anilines is 1. The highest BCUT2D eigenvalue weighted by Crippen LogP contribution is 2.31. The summed E-state index contributed by atoms with van der Waals surface area (Å²) < 4.78 is 5.40. The summed E-state index contributed by atoms with van der Waals surface area (Å²) in [7, 11) is 0. The van der Waals surface area contributed by atoms with Gasteiger partial charge in [-0.05, 0) is 24.5 Å². The number of rotatable bonds is 7. The lowest BCUT2D eigenvalue weighted by Gasteiger charge is -2.29. The summed E-state index contributed by atoms with van der Waals surface area (Å²) in [5.74, 6) is 0.678. The van der Waals surface area contributed by atoms with Gasteiger partial charge >= 0.3 is 0 Å². The minimum Gasteiger partial charge on any atom is -0.482 e. The number of carbonyl (C=O) groups is 2. The SMILES string of the molecule is CCC(C)C(N)C(=O)NCCCN1C(=O)COc2ccccc21.Cl. The standard InChI is InChI=1S/C17H25N3O3.ClH/c1-3-12(2)16(18)17(22)19-9-6-10-20-13-7-4-5-8-14(13)23-11-15(20)21;/h4-5,7-8,12,16H,3,6,9-11,18H2,1-2H3,(H,19,22);1H. The van der Waals surface area contributed by atoms with Crippen LogP contribution in [0, 0.1) is 5.92 Å². The number of amides is 2. The molecule has 1 aliphatic rings. The lowest BCUT2D eigenvalue weighted by molar-refractivity contribution is -0.123. The number of nitrogens with one attached hydrogen (secondary N) is 1. The van der Waals surface area contributed by atoms with Crippen LogP contribution in [-0.2, 0) is 9.59 Å². The number of benzene rings is 1. The Hall–Kier alpha value is -1.79. The minimum atomic E-state index is -0.481. The number of ether oxygens (including phenoxy) is 1. The average Bonchev–Trinajstić information content (AvgIpc) is 2.58. The molecule has 2 atom stereocenters. The van der Waals surface area contributed by atoms with E-state index in [-0.39, 0.29) is 36.7 Å². The van der Waals surface area contributed by atoms with Gasteiger partial charge in [0.2, 0.25) is 5.91 Å². The molecule has 3 N–H and O–H groups in total. The van der Waals surface area contributed by atoms with Crippen molar-refractivity contribution in [1.29, 1.82) is 0 Å². The second-order valence-corrected chi connectivity index (χ2v) is 5.86. The highest BCUT2D eigenvalue weighted by Gasteiger charge is 2.24. The number of para-hydroxylation sites is 2. The second kappa shape index (κ2) is 9.49. The predicted octanol–water partition coefficient (Wildman–Crippen LogP) is 1.71. The van der Waals surface area contributed by atoms with Crippen molar-refractivity contribution in [1.82, 2.24) is 5.32 Å². The molecule has 1 aromatic rings. The zero-order valence-electron chi connectivity index (χ0n) is 14.2. The Labute approximate surface area is 149 Å². The van der Waals surface area contributed by atoms with Crippen molar-refractivity contribution in [2.75, 3.05) is 24.6 Å². The first-order chi connectivity index (χ1) is 11.0. The van der Waals surface area contributed by atoms with E-state index < -0.39 is 6.04 Å². The molecule has 0 aromatic heterocycles. The summed E-state index contributed by atoms with van der Waals surface area (Å²) in [5.41, 5.74) is 6.67. The van der Waals surface area contributed by atoms with Gasteiger partial charge in [-0.15, -0.1) is 12.4 Å². The van der Waals surface area contributed by atoms with Crippen LogP contribution < -0.4 is 20.7 Å². The summed E-state index contributed by atoms with van der Waals surface area (Å²) >= 11 is 0. The first kappa shape index (κ1) is 20.3. The van der Waals surface area contributed by atoms with Gasteiger partial charge in [-0.1, -0.05) is 32.4 Å². The fraction of sp³-hybridized carbons (Fsp3) is 0.529. The molecule has 0 saturated heterocycles. The molecule has 1 aliphatic heterocycles. The molecule has 2 rings (SSSR count). The van der Waals surface area contributed by atoms with Crippen LogP contribution in [0.15, 0.2) is 24.3 Å². The van der Waals surface area contributed by atoms with Crippen LogP contribution in [0.1, 0.15) is 26.7 Å². The van der Waals surface area contributed by atoms with Crippen molar-refractivity contribution in [2.24, 2.45) is 11.7 Å². The van der Waals surface area contributed by atoms with E-state index in [1.165, 1.54) is 0 Å². The first-order valence-electron chi connectivity index (χ1n) is 8.10. The van der Waals surface area contributed by atoms with Crippen molar-refractivity contribution in [3.05, 3.63) is 24.3 Å². The van der Waals surface area contributed by atoms with Gasteiger partial charge in [-0.2, -0.15) is 0 Å². The molecule has 0 radical (unpaired) electrons. The van der Waals surface area contributed by atoms with Gasteiger partial charge in [0.05, 0.1) is 11.7 Å². The fourth-order valence-electron chi connectivity index (χ4n) is 2.48. The predicted molar refractivity (Wildman–Crippen MR) is 96.6 cm³/mol. The summed E-state index contributed by atoms with van der Waals surface area (Å²) in [6, 6.07) is 6.99. The van der Waals surface area contributed by atoms with Gasteiger partial charge in [0.15, 0.2) is 6.61 Å². The third-order valence-electron chi connectivity index (χ3n) is 4.23. The van der Waals surface area contributed by atoms with Gasteiger partial charge in [0.1, 0.15) is 5.75 Å². The topological polar surface area (TPSA) is 84.7 Å². The number of halogens is 1. The van der Waals surface area contributed by atoms with E-state index in [9.17, 15) is 9.59 Å². The molecule has 0 fully saturated rings. The van der Waals surface area contributed by atoms with Crippen LogP contribution in [0.5, 0.6) is 5.75 Å². The van der Waals surface area contributed by atoms with Crippen LogP contribution in [0.25, 0.3) is 0 Å². The zero-order valence-corrected chi connectivity index (χ0v) is 15.0. The zero-order chi connectivity index (χ0) is 16.8. The maximum Gasteiger partial charge on any atom is 0.265 e. The number of fused-ring (bicyclic) bond motifs is 1. The lowest BCUT2D eigenvalue weighted by atomic mass is 9.99. The first-order valence-corrected chi connectivity index (χ1v) is 8.10. The molecular formula is C17H26ClN3O3. The normalized spacial score (nSPS) is 15.6. The second-order valence-electron chi connectivity index (χ2n) is 5.86. The molecule has 1 heterocycles. The quantitative estimate of drug-likeness (QED) is 0.729. The third-order valence-corrected chi connectivity index (χ3v) is 4.23. The Balaban J connectivity index is 0.00000288. The van der Waals surface area contributed by atoms with Crippen LogP contribution in [0.2, 0.25) is 0 Å². The molecule has 24 heavy (non-hydrogen) atoms. The summed E-state index contributed by atoms with van der Waals surface area (Å²) in [6.07, 6.45) is 1.53. The molecule has 7 heteroatoms. The van der Waals surface area contributed by atoms with Crippen LogP contribution in [0.4, 0.5) is 5.69 Å². The Morgan fingerprint density at radius 1 is 1.42 bits per heavy atom. The van der Waals surface area contributed by atoms with E-state index in [1.54, 1.807) is 4.90 Å². The molecule has 0 saturated carbocycles. The van der Waals surface area contributed by atoms with Gasteiger partial charge in [-0.3, -0.25) is 9.59 Å². The average molecular weight is 356 g/mol. The van der Waals surface area contributed by atoms with Gasteiger partial charge in [0, 0.05) is 13.1 Å². The molecule has 2 unspecified atom stereocenters. The number of nitrogens with two attached hydrogens (primary N) is 1. The maximum absolute atomic E-state index is 12.0. The summed E-state index contributed by atoms with van der Waals surface area (Å²) in [6.45, 7) is 5.07. The van der Waals surface area contributed by atoms with Crippen molar-refractivity contribution in [2.45, 2.75) is 32.7 Å². The van der Waals surface area contributed by atoms with Gasteiger partial charge < -0.3 is 20.7 Å². The number of hydrogen-bond acceptors (Lipinski definition) is 4. The van der Waals surface area contributed by atoms with E-state index in [1.807, 2.05) is 38.1 Å². The van der Waals surface area contributed by atoms with Gasteiger partial charge in [-0.25, -0.2) is 0 Å². The lowest BCUT2D eigenvalue weighted by Crippen LogP contribution is -2.45. The Kier molecular flexibility index (Phi) is 8.01. The number of carbonyl (C=O) groups excluding carboxylic acids is 2. The monoisotopic (exact) mass is 355 g/mol. The van der Waals surface area contributed by atoms with Crippen molar-refractivity contribution in [3.63, 3.8) is 0 Å². The van der Waals surface area contributed by atoms with Gasteiger partial charge in [0.25, 0.3) is 5.91 Å². The maximum atomic E-state index is 12.0. The smallest absolute Gasteiger partial charge is 0.265 e. The summed E-state index contributed by atoms with van der Waals surface area (Å²) in [4.78, 5) is 25.6. The third kappa shape index (κ3) is 4.85. The molecule has 134 valence electrons. The molecule has 6 nitrogen and oxygen atoms in total. The highest BCUT2D eigenvalue weighted by atomic mass is 35.5. The molecule has 1 aromatic carbocycles. The Bertz CT molecular complexity index is 568. The fourth-order valence-corrected chi connectivity index (χ4v) is 2.48. The molecule has 0 spiro atoms. The Morgan fingerprint density at radius 3 is 2.83 bits per heavy atom. The largest absolute Gasteiger partial charge is 0.482 e. The van der Waals surface area contributed by atoms with E-state index in [0.717, 1.165) is 17.9 Å². The van der Waals surface area contributed by atoms with E-state index in [4.69, 9.17) is 10.5 Å². The number of nitrogens with zero attached hydrogens (tertiary/aromatic N) is 1. The number of hydrogen-bond donors (Lipinski definition) is 2. The van der Waals surface area contributed by atoms with Crippen LogP contribution >= 0.6 is 12.4 Å². The van der Waals surface area contributed by atoms with Crippen molar-refractivity contribution in [3.8, 4) is 5.75 Å². The van der Waals surface area contributed by atoms with E-state index in [0.29, 0.717) is 19.5 Å². The van der Waals surface area contributed by atoms with E-state index in [2.05, 4.69) is 5.32 Å². The van der Waals surface area contributed by atoms with Crippen molar-refractivity contribution < 1.29 is 14.3 Å². The highest BCUT2D eigenvalue weighted by molar-refractivity contribution is 5.97. The molecule has 2 amide bonds. The Morgan fingerprint density at radius 2 is 2.12 bits per heavy atom. The summed E-state index contributed by atoms with van der Waals surface area (Å²) in [5, 5.41) is 2.84. The molecule has 0 bridgehead atoms.